The lowest BCUT2D eigenvalue weighted by Gasteiger charge is -2.42. The van der Waals surface area contributed by atoms with E-state index in [9.17, 15) is 14.7 Å². The summed E-state index contributed by atoms with van der Waals surface area (Å²) in [7, 11) is 1.67. The molecule has 0 unspecified atom stereocenters. The summed E-state index contributed by atoms with van der Waals surface area (Å²) in [6.45, 7) is 4.50. The molecule has 11 heteroatoms. The van der Waals surface area contributed by atoms with Gasteiger partial charge < -0.3 is 29.4 Å². The van der Waals surface area contributed by atoms with Crippen LogP contribution in [-0.2, 0) is 46.0 Å². The Hall–Kier alpha value is -2.43. The van der Waals surface area contributed by atoms with Crippen molar-refractivity contribution < 1.29 is 19.4 Å². The summed E-state index contributed by atoms with van der Waals surface area (Å²) in [6.07, 6.45) is 4.52. The average Bonchev–Trinajstić information content (AvgIpc) is 3.85. The van der Waals surface area contributed by atoms with E-state index in [1.165, 1.54) is 10.6 Å². The molecular weight excluding hydrogens is 637 g/mol. The summed E-state index contributed by atoms with van der Waals surface area (Å²) in [5.74, 6) is -0.901. The zero-order valence-electron chi connectivity index (χ0n) is 25.7. The number of hydrogen-bond donors (Lipinski definition) is 2. The molecule has 1 saturated carbocycles. The van der Waals surface area contributed by atoms with Crippen molar-refractivity contribution in [2.45, 2.75) is 63.9 Å². The number of ether oxygens (including phenoxy) is 2. The number of rotatable bonds is 13. The molecule has 2 aliphatic rings. The molecular formula is C34H40Cl3N3O5. The van der Waals surface area contributed by atoms with Crippen molar-refractivity contribution in [1.82, 2.24) is 14.8 Å². The molecule has 5 rings (SSSR count). The van der Waals surface area contributed by atoms with Crippen molar-refractivity contribution in [3.63, 3.8) is 0 Å². The van der Waals surface area contributed by atoms with Gasteiger partial charge >= 0.3 is 0 Å². The first-order valence-electron chi connectivity index (χ1n) is 15.3. The Morgan fingerprint density at radius 1 is 1.09 bits per heavy atom. The van der Waals surface area contributed by atoms with Crippen LogP contribution in [0.2, 0.25) is 15.1 Å². The number of aromatic nitrogens is 1. The Kier molecular flexibility index (Phi) is 11.3. The zero-order chi connectivity index (χ0) is 32.1. The third-order valence-electron chi connectivity index (χ3n) is 8.73. The van der Waals surface area contributed by atoms with Crippen LogP contribution in [0.3, 0.4) is 0 Å². The number of amides is 1. The van der Waals surface area contributed by atoms with Gasteiger partial charge in [-0.3, -0.25) is 9.59 Å². The normalized spacial score (nSPS) is 19.9. The first-order valence-corrected chi connectivity index (χ1v) is 16.5. The number of methoxy groups -OCH3 is 1. The van der Waals surface area contributed by atoms with E-state index >= 15 is 0 Å². The Morgan fingerprint density at radius 2 is 1.84 bits per heavy atom. The second-order valence-electron chi connectivity index (χ2n) is 12.0. The molecule has 0 bridgehead atoms. The molecule has 45 heavy (non-hydrogen) atoms. The number of pyridine rings is 1. The van der Waals surface area contributed by atoms with Gasteiger partial charge in [-0.1, -0.05) is 46.9 Å². The molecule has 0 spiro atoms. The molecule has 2 N–H and O–H groups in total. The lowest BCUT2D eigenvalue weighted by Crippen LogP contribution is -2.55. The van der Waals surface area contributed by atoms with Crippen molar-refractivity contribution >= 4 is 40.7 Å². The van der Waals surface area contributed by atoms with Gasteiger partial charge in [0.1, 0.15) is 5.60 Å². The number of benzene rings is 2. The van der Waals surface area contributed by atoms with E-state index in [4.69, 9.17) is 44.3 Å². The lowest BCUT2D eigenvalue weighted by molar-refractivity contribution is -0.150. The number of halogens is 3. The second-order valence-corrected chi connectivity index (χ2v) is 13.2. The summed E-state index contributed by atoms with van der Waals surface area (Å²) in [5.41, 5.74) is 2.30. The topological polar surface area (TPSA) is 93.0 Å². The number of piperidine rings is 1. The highest BCUT2D eigenvalue weighted by Crippen LogP contribution is 2.39. The molecule has 3 aromatic rings. The fraction of sp³-hybridized carbons (Fsp3) is 0.471. The highest BCUT2D eigenvalue weighted by molar-refractivity contribution is 6.36. The number of nitrogens with zero attached hydrogens (tertiary/aromatic N) is 2. The third-order valence-corrected chi connectivity index (χ3v) is 9.77. The van der Waals surface area contributed by atoms with Gasteiger partial charge in [-0.2, -0.15) is 0 Å². The molecule has 1 aromatic heterocycles. The van der Waals surface area contributed by atoms with Crippen LogP contribution in [0.4, 0.5) is 0 Å². The minimum absolute atomic E-state index is 0.0973. The smallest absolute Gasteiger partial charge is 0.250 e. The van der Waals surface area contributed by atoms with E-state index in [1.54, 1.807) is 19.4 Å². The van der Waals surface area contributed by atoms with Gasteiger partial charge in [0, 0.05) is 65.7 Å². The highest BCUT2D eigenvalue weighted by Gasteiger charge is 2.48. The number of aryl methyl sites for hydroxylation is 1. The summed E-state index contributed by atoms with van der Waals surface area (Å²) in [6, 6.07) is 12.8. The number of hydrogen-bond acceptors (Lipinski definition) is 6. The first-order chi connectivity index (χ1) is 21.6. The number of carbonyl (C=O) groups is 1. The SMILES string of the molecule is COCCc1ccc(Cl)c(CN(C(=O)[C@H]2CNCC[C@]2(O)c2ccn(CCOCc3c(Cl)cc(C)cc3Cl)c(=O)c2)C2CC2)c1. The van der Waals surface area contributed by atoms with E-state index in [0.29, 0.717) is 65.4 Å². The van der Waals surface area contributed by atoms with Crippen LogP contribution in [-0.4, -0.2) is 59.9 Å². The van der Waals surface area contributed by atoms with Crippen molar-refractivity contribution in [2.24, 2.45) is 5.92 Å². The summed E-state index contributed by atoms with van der Waals surface area (Å²) in [5, 5.41) is 17.1. The number of carbonyl (C=O) groups excluding carboxylic acids is 1. The predicted molar refractivity (Wildman–Crippen MR) is 177 cm³/mol. The second kappa shape index (κ2) is 15.0. The minimum atomic E-state index is -1.49. The van der Waals surface area contributed by atoms with E-state index in [2.05, 4.69) is 5.32 Å². The molecule has 242 valence electrons. The fourth-order valence-corrected chi connectivity index (χ4v) is 6.84. The van der Waals surface area contributed by atoms with Crippen LogP contribution in [0.5, 0.6) is 0 Å². The third kappa shape index (κ3) is 8.11. The van der Waals surface area contributed by atoms with Crippen molar-refractivity contribution in [3.8, 4) is 0 Å². The molecule has 8 nitrogen and oxygen atoms in total. The van der Waals surface area contributed by atoms with Gasteiger partial charge in [-0.05, 0) is 85.7 Å². The zero-order valence-corrected chi connectivity index (χ0v) is 27.9. The standard InChI is InChI=1S/C34H40Cl3N3O5/c1-22-15-30(36)27(31(37)16-22)21-45-14-12-39-11-7-25(18-32(39)41)34(43)9-10-38-19-28(34)33(42)40(26-4-5-26)20-24-17-23(8-13-44-2)3-6-29(24)35/h3,6-7,11,15-18,26,28,38,43H,4-5,8-10,12-14,19-21H2,1-2H3/t28-,34+/m1/s1. The van der Waals surface area contributed by atoms with Gasteiger partial charge in [0.15, 0.2) is 0 Å². The molecule has 0 radical (unpaired) electrons. The van der Waals surface area contributed by atoms with Crippen molar-refractivity contribution in [2.75, 3.05) is 33.4 Å². The van der Waals surface area contributed by atoms with E-state index in [-0.39, 0.29) is 30.7 Å². The largest absolute Gasteiger partial charge is 0.384 e. The van der Waals surface area contributed by atoms with Crippen LogP contribution >= 0.6 is 34.8 Å². The van der Waals surface area contributed by atoms with Crippen LogP contribution in [0, 0.1) is 12.8 Å². The van der Waals surface area contributed by atoms with Crippen LogP contribution in [0.1, 0.15) is 47.1 Å². The van der Waals surface area contributed by atoms with Crippen LogP contribution < -0.4 is 10.9 Å². The van der Waals surface area contributed by atoms with E-state index < -0.39 is 11.5 Å². The Labute approximate surface area is 279 Å². The van der Waals surface area contributed by atoms with Crippen LogP contribution in [0.15, 0.2) is 53.5 Å². The molecule has 1 amide bonds. The summed E-state index contributed by atoms with van der Waals surface area (Å²) >= 11 is 19.2. The molecule has 1 aliphatic heterocycles. The van der Waals surface area contributed by atoms with Gasteiger partial charge in [0.2, 0.25) is 5.91 Å². The Morgan fingerprint density at radius 3 is 2.53 bits per heavy atom. The van der Waals surface area contributed by atoms with Gasteiger partial charge in [0.05, 0.1) is 25.7 Å². The maximum Gasteiger partial charge on any atom is 0.250 e. The molecule has 2 atom stereocenters. The first kappa shape index (κ1) is 33.9. The lowest BCUT2D eigenvalue weighted by atomic mass is 9.76. The quantitative estimate of drug-likeness (QED) is 0.232. The summed E-state index contributed by atoms with van der Waals surface area (Å²) in [4.78, 5) is 29.2. The molecule has 2 aromatic carbocycles. The molecule has 1 saturated heterocycles. The number of nitrogens with one attached hydrogen (secondary N) is 1. The molecule has 2 fully saturated rings. The van der Waals surface area contributed by atoms with Crippen LogP contribution in [0.25, 0.3) is 0 Å². The van der Waals surface area contributed by atoms with Crippen molar-refractivity contribution in [1.29, 1.82) is 0 Å². The monoisotopic (exact) mass is 675 g/mol. The number of aliphatic hydroxyl groups is 1. The van der Waals surface area contributed by atoms with Gasteiger partial charge in [-0.25, -0.2) is 0 Å². The van der Waals surface area contributed by atoms with E-state index in [0.717, 1.165) is 36.0 Å². The average molecular weight is 677 g/mol. The van der Waals surface area contributed by atoms with Gasteiger partial charge in [-0.15, -0.1) is 0 Å². The highest BCUT2D eigenvalue weighted by atomic mass is 35.5. The molecule has 1 aliphatic carbocycles. The Bertz CT molecular complexity index is 1550. The molecule has 2 heterocycles. The fourth-order valence-electron chi connectivity index (χ4n) is 5.95. The van der Waals surface area contributed by atoms with E-state index in [1.807, 2.05) is 42.2 Å². The summed E-state index contributed by atoms with van der Waals surface area (Å²) < 4.78 is 12.5. The minimum Gasteiger partial charge on any atom is -0.384 e. The maximum absolute atomic E-state index is 14.2. The van der Waals surface area contributed by atoms with Crippen molar-refractivity contribution in [3.05, 3.63) is 102 Å². The van der Waals surface area contributed by atoms with Gasteiger partial charge in [0.25, 0.3) is 5.56 Å². The Balaban J connectivity index is 1.29. The predicted octanol–water partition coefficient (Wildman–Crippen LogP) is 5.51. The maximum atomic E-state index is 14.2.